The number of oxime groups is 1. The average Bonchev–Trinajstić information content (AvgIpc) is 3.09. The standard InChI is InChI=1S/C23H15Cl2NO3/c24-18-10-9-17(21(25)13-18)14-28-19-8-4-5-15(11-19)12-20-22(26-29-23(20)27)16-6-2-1-3-7-16/h1-13H,14H2/b20-12-. The first-order chi connectivity index (χ1) is 14.1. The Morgan fingerprint density at radius 2 is 1.79 bits per heavy atom. The van der Waals surface area contributed by atoms with Gasteiger partial charge in [0.2, 0.25) is 0 Å². The second-order valence-corrected chi connectivity index (χ2v) is 7.18. The molecule has 0 aliphatic carbocycles. The number of hydrogen-bond acceptors (Lipinski definition) is 4. The van der Waals surface area contributed by atoms with Crippen LogP contribution in [0.5, 0.6) is 5.75 Å². The topological polar surface area (TPSA) is 47.9 Å². The van der Waals surface area contributed by atoms with E-state index >= 15 is 0 Å². The molecule has 0 saturated carbocycles. The van der Waals surface area contributed by atoms with E-state index in [0.717, 1.165) is 16.7 Å². The van der Waals surface area contributed by atoms with Crippen LogP contribution in [-0.4, -0.2) is 11.7 Å². The predicted molar refractivity (Wildman–Crippen MR) is 114 cm³/mol. The molecular formula is C23H15Cl2NO3. The van der Waals surface area contributed by atoms with Gasteiger partial charge in [-0.2, -0.15) is 0 Å². The van der Waals surface area contributed by atoms with Crippen molar-refractivity contribution in [1.82, 2.24) is 0 Å². The van der Waals surface area contributed by atoms with Crippen molar-refractivity contribution in [3.05, 3.63) is 105 Å². The molecule has 4 rings (SSSR count). The van der Waals surface area contributed by atoms with Gasteiger partial charge in [0.15, 0.2) is 0 Å². The predicted octanol–water partition coefficient (Wildman–Crippen LogP) is 5.92. The third-order valence-electron chi connectivity index (χ3n) is 4.32. The van der Waals surface area contributed by atoms with E-state index in [1.54, 1.807) is 18.2 Å². The largest absolute Gasteiger partial charge is 0.489 e. The second-order valence-electron chi connectivity index (χ2n) is 6.34. The van der Waals surface area contributed by atoms with Crippen LogP contribution < -0.4 is 4.74 Å². The van der Waals surface area contributed by atoms with Gasteiger partial charge < -0.3 is 9.57 Å². The van der Waals surface area contributed by atoms with Crippen LogP contribution in [0.1, 0.15) is 16.7 Å². The fourth-order valence-electron chi connectivity index (χ4n) is 2.87. The van der Waals surface area contributed by atoms with E-state index in [-0.39, 0.29) is 0 Å². The molecule has 0 spiro atoms. The molecule has 0 saturated heterocycles. The number of benzene rings is 3. The highest BCUT2D eigenvalue weighted by Gasteiger charge is 2.26. The molecule has 0 atom stereocenters. The molecule has 1 aliphatic rings. The zero-order valence-corrected chi connectivity index (χ0v) is 16.7. The average molecular weight is 424 g/mol. The van der Waals surface area contributed by atoms with Crippen LogP contribution in [0.15, 0.2) is 83.5 Å². The van der Waals surface area contributed by atoms with Crippen molar-refractivity contribution in [2.24, 2.45) is 5.16 Å². The Labute approximate surface area is 178 Å². The summed E-state index contributed by atoms with van der Waals surface area (Å²) in [5.41, 5.74) is 3.35. The lowest BCUT2D eigenvalue weighted by molar-refractivity contribution is -0.136. The van der Waals surface area contributed by atoms with Crippen molar-refractivity contribution in [2.75, 3.05) is 0 Å². The molecule has 0 fully saturated rings. The number of hydrogen-bond donors (Lipinski definition) is 0. The number of halogens is 2. The zero-order valence-electron chi connectivity index (χ0n) is 15.1. The van der Waals surface area contributed by atoms with Crippen LogP contribution in [0.2, 0.25) is 10.0 Å². The lowest BCUT2D eigenvalue weighted by atomic mass is 10.0. The highest BCUT2D eigenvalue weighted by Crippen LogP contribution is 2.25. The van der Waals surface area contributed by atoms with Gasteiger partial charge in [-0.15, -0.1) is 0 Å². The molecule has 1 heterocycles. The van der Waals surface area contributed by atoms with E-state index in [4.69, 9.17) is 32.8 Å². The molecule has 0 N–H and O–H groups in total. The summed E-state index contributed by atoms with van der Waals surface area (Å²) in [6.07, 6.45) is 1.74. The first-order valence-corrected chi connectivity index (χ1v) is 9.59. The van der Waals surface area contributed by atoms with E-state index in [1.807, 2.05) is 60.7 Å². The summed E-state index contributed by atoms with van der Waals surface area (Å²) in [6, 6.07) is 22.1. The van der Waals surface area contributed by atoms with Crippen LogP contribution in [0, 0.1) is 0 Å². The number of ether oxygens (including phenoxy) is 1. The molecule has 0 aromatic heterocycles. The minimum Gasteiger partial charge on any atom is -0.489 e. The van der Waals surface area contributed by atoms with E-state index in [9.17, 15) is 4.79 Å². The lowest BCUT2D eigenvalue weighted by Gasteiger charge is -2.09. The Bertz CT molecular complexity index is 1120. The van der Waals surface area contributed by atoms with Gasteiger partial charge in [0.1, 0.15) is 18.1 Å². The zero-order chi connectivity index (χ0) is 20.2. The summed E-state index contributed by atoms with van der Waals surface area (Å²) < 4.78 is 5.85. The number of rotatable bonds is 5. The number of carbonyl (C=O) groups excluding carboxylic acids is 1. The van der Waals surface area contributed by atoms with Gasteiger partial charge in [-0.05, 0) is 35.9 Å². The van der Waals surface area contributed by atoms with E-state index in [0.29, 0.717) is 33.7 Å². The molecule has 6 heteroatoms. The van der Waals surface area contributed by atoms with Gasteiger partial charge in [-0.3, -0.25) is 0 Å². The van der Waals surface area contributed by atoms with Crippen LogP contribution in [0.3, 0.4) is 0 Å². The monoisotopic (exact) mass is 423 g/mol. The smallest absolute Gasteiger partial charge is 0.368 e. The number of nitrogens with zero attached hydrogens (tertiary/aromatic N) is 1. The van der Waals surface area contributed by atoms with Gasteiger partial charge in [-0.1, -0.05) is 76.9 Å². The summed E-state index contributed by atoms with van der Waals surface area (Å²) >= 11 is 12.1. The van der Waals surface area contributed by atoms with Crippen molar-refractivity contribution < 1.29 is 14.4 Å². The maximum atomic E-state index is 12.2. The summed E-state index contributed by atoms with van der Waals surface area (Å²) in [5.74, 6) is 0.165. The molecule has 3 aromatic carbocycles. The van der Waals surface area contributed by atoms with Gasteiger partial charge in [0.25, 0.3) is 0 Å². The van der Waals surface area contributed by atoms with Crippen molar-refractivity contribution in [1.29, 1.82) is 0 Å². The third kappa shape index (κ3) is 4.50. The Morgan fingerprint density at radius 1 is 0.966 bits per heavy atom. The van der Waals surface area contributed by atoms with E-state index in [1.165, 1.54) is 0 Å². The Morgan fingerprint density at radius 3 is 2.59 bits per heavy atom. The second kappa shape index (κ2) is 8.52. The Balaban J connectivity index is 1.55. The molecule has 0 amide bonds. The van der Waals surface area contributed by atoms with Gasteiger partial charge in [0.05, 0.1) is 5.57 Å². The molecule has 0 unspecified atom stereocenters. The van der Waals surface area contributed by atoms with E-state index < -0.39 is 5.97 Å². The van der Waals surface area contributed by atoms with Crippen LogP contribution >= 0.6 is 23.2 Å². The van der Waals surface area contributed by atoms with Crippen molar-refractivity contribution in [3.8, 4) is 5.75 Å². The lowest BCUT2D eigenvalue weighted by Crippen LogP contribution is -2.06. The molecule has 1 aliphatic heterocycles. The molecule has 29 heavy (non-hydrogen) atoms. The third-order valence-corrected chi connectivity index (χ3v) is 4.91. The van der Waals surface area contributed by atoms with Crippen molar-refractivity contribution in [2.45, 2.75) is 6.61 Å². The molecule has 3 aromatic rings. The van der Waals surface area contributed by atoms with Gasteiger partial charge >= 0.3 is 5.97 Å². The first-order valence-electron chi connectivity index (χ1n) is 8.84. The van der Waals surface area contributed by atoms with Crippen molar-refractivity contribution in [3.63, 3.8) is 0 Å². The summed E-state index contributed by atoms with van der Waals surface area (Å²) in [6.45, 7) is 0.300. The first kappa shape index (κ1) is 19.2. The van der Waals surface area contributed by atoms with E-state index in [2.05, 4.69) is 5.16 Å². The fraction of sp³-hybridized carbons (Fsp3) is 0.0435. The van der Waals surface area contributed by atoms with Gasteiger partial charge in [0, 0.05) is 21.2 Å². The highest BCUT2D eigenvalue weighted by molar-refractivity contribution is 6.35. The maximum Gasteiger partial charge on any atom is 0.368 e. The molecule has 144 valence electrons. The van der Waals surface area contributed by atoms with Crippen LogP contribution in [-0.2, 0) is 16.2 Å². The highest BCUT2D eigenvalue weighted by atomic mass is 35.5. The maximum absolute atomic E-state index is 12.2. The Kier molecular flexibility index (Phi) is 5.65. The minimum atomic E-state index is -0.483. The van der Waals surface area contributed by atoms with Crippen molar-refractivity contribution >= 4 is 41.0 Å². The minimum absolute atomic E-state index is 0.300. The molecule has 0 bridgehead atoms. The summed E-state index contributed by atoms with van der Waals surface area (Å²) in [7, 11) is 0. The summed E-state index contributed by atoms with van der Waals surface area (Å²) in [4.78, 5) is 17.0. The quantitative estimate of drug-likeness (QED) is 0.378. The normalized spacial score (nSPS) is 14.6. The molecular weight excluding hydrogens is 409 g/mol. The fourth-order valence-corrected chi connectivity index (χ4v) is 3.34. The summed E-state index contributed by atoms with van der Waals surface area (Å²) in [5, 5.41) is 5.05. The van der Waals surface area contributed by atoms with Crippen LogP contribution in [0.25, 0.3) is 6.08 Å². The molecule has 4 nitrogen and oxygen atoms in total. The SMILES string of the molecule is O=C1ON=C(c2ccccc2)/C1=C/c1cccc(OCc2ccc(Cl)cc2Cl)c1. The van der Waals surface area contributed by atoms with Gasteiger partial charge in [-0.25, -0.2) is 4.79 Å². The molecule has 0 radical (unpaired) electrons. The van der Waals surface area contributed by atoms with Crippen LogP contribution in [0.4, 0.5) is 0 Å². The Hall–Kier alpha value is -3.08. The number of carbonyl (C=O) groups is 1.